The Kier molecular flexibility index (Phi) is 9.32. The van der Waals surface area contributed by atoms with Crippen LogP contribution in [0.3, 0.4) is 0 Å². The standard InChI is InChI=1S/C26H30N2O6S4/c1-20(12-14-25-27(16-6-18-37(29,30)31)21-8-2-4-10-23(21)35-25)13-15-26-28(17-7-19-38(32,33)34)22-9-3-5-11-24(22)36-26/h2-5,8-14,26H,6-7,15-19H2,1H3,(H-,29,30,31,32,33,34)/p+1. The Bertz CT molecular complexity index is 1560. The summed E-state index contributed by atoms with van der Waals surface area (Å²) in [7, 11) is -8.00. The summed E-state index contributed by atoms with van der Waals surface area (Å²) in [6.07, 6.45) is 7.64. The number of aryl methyl sites for hydroxylation is 1. The third-order valence-electron chi connectivity index (χ3n) is 6.14. The second kappa shape index (κ2) is 12.3. The van der Waals surface area contributed by atoms with Crippen molar-refractivity contribution in [3.05, 3.63) is 71.3 Å². The van der Waals surface area contributed by atoms with Crippen LogP contribution < -0.4 is 9.47 Å². The number of fused-ring (bicyclic) bond motifs is 2. The third-order valence-corrected chi connectivity index (χ3v) is 10.2. The van der Waals surface area contributed by atoms with Crippen molar-refractivity contribution in [1.29, 1.82) is 0 Å². The average Bonchev–Trinajstić information content (AvgIpc) is 3.38. The van der Waals surface area contributed by atoms with Gasteiger partial charge in [-0.05, 0) is 38.0 Å². The first-order valence-electron chi connectivity index (χ1n) is 12.2. The Morgan fingerprint density at radius 3 is 2.45 bits per heavy atom. The van der Waals surface area contributed by atoms with Crippen molar-refractivity contribution in [3.8, 4) is 0 Å². The van der Waals surface area contributed by atoms with Crippen molar-refractivity contribution in [1.82, 2.24) is 0 Å². The van der Waals surface area contributed by atoms with Gasteiger partial charge < -0.3 is 4.90 Å². The highest BCUT2D eigenvalue weighted by molar-refractivity contribution is 8.00. The molecule has 0 spiro atoms. The van der Waals surface area contributed by atoms with Crippen LogP contribution in [0.1, 0.15) is 31.2 Å². The van der Waals surface area contributed by atoms with Gasteiger partial charge in [0.1, 0.15) is 4.70 Å². The number of allylic oxidation sites excluding steroid dienone is 2. The molecule has 38 heavy (non-hydrogen) atoms. The highest BCUT2D eigenvalue weighted by atomic mass is 32.2. The number of thioether (sulfide) groups is 1. The van der Waals surface area contributed by atoms with Gasteiger partial charge in [-0.15, -0.1) is 0 Å². The summed E-state index contributed by atoms with van der Waals surface area (Å²) in [4.78, 5) is 3.36. The van der Waals surface area contributed by atoms with Crippen LogP contribution in [-0.4, -0.2) is 49.4 Å². The van der Waals surface area contributed by atoms with Crippen molar-refractivity contribution in [2.24, 2.45) is 0 Å². The van der Waals surface area contributed by atoms with Gasteiger partial charge in [0.05, 0.1) is 22.6 Å². The summed E-state index contributed by atoms with van der Waals surface area (Å²) in [6, 6.07) is 16.0. The predicted molar refractivity (Wildman–Crippen MR) is 155 cm³/mol. The minimum atomic E-state index is -4.01. The molecular weight excluding hydrogens is 565 g/mol. The highest BCUT2D eigenvalue weighted by Crippen LogP contribution is 2.44. The zero-order chi connectivity index (χ0) is 27.3. The quantitative estimate of drug-likeness (QED) is 0.170. The van der Waals surface area contributed by atoms with Gasteiger partial charge in [0.25, 0.3) is 25.2 Å². The molecule has 0 saturated carbocycles. The topological polar surface area (TPSA) is 116 Å². The molecule has 2 aromatic carbocycles. The Morgan fingerprint density at radius 1 is 1.00 bits per heavy atom. The first-order chi connectivity index (χ1) is 18.0. The van der Waals surface area contributed by atoms with Crippen LogP contribution in [0.2, 0.25) is 0 Å². The summed E-state index contributed by atoms with van der Waals surface area (Å²) in [5.74, 6) is -0.547. The second-order valence-electron chi connectivity index (χ2n) is 9.09. The Balaban J connectivity index is 1.47. The molecule has 0 saturated heterocycles. The van der Waals surface area contributed by atoms with Crippen molar-refractivity contribution < 1.29 is 30.5 Å². The summed E-state index contributed by atoms with van der Waals surface area (Å²) in [5, 5.41) is 1.11. The van der Waals surface area contributed by atoms with Gasteiger partial charge in [0.15, 0.2) is 6.54 Å². The number of benzene rings is 2. The number of hydrogen-bond acceptors (Lipinski definition) is 7. The molecule has 0 bridgehead atoms. The van der Waals surface area contributed by atoms with E-state index in [1.807, 2.05) is 61.5 Å². The zero-order valence-corrected chi connectivity index (χ0v) is 24.2. The maximum absolute atomic E-state index is 11.2. The van der Waals surface area contributed by atoms with E-state index in [0.29, 0.717) is 25.9 Å². The molecule has 4 rings (SSSR count). The predicted octanol–water partition coefficient (Wildman–Crippen LogP) is 5.03. The summed E-state index contributed by atoms with van der Waals surface area (Å²) < 4.78 is 66.2. The zero-order valence-electron chi connectivity index (χ0n) is 20.9. The second-order valence-corrected chi connectivity index (χ2v) is 14.5. The number of rotatable bonds is 12. The van der Waals surface area contributed by atoms with E-state index in [2.05, 4.69) is 21.6 Å². The fourth-order valence-electron chi connectivity index (χ4n) is 4.39. The van der Waals surface area contributed by atoms with Gasteiger partial charge >= 0.3 is 0 Å². The SMILES string of the molecule is CC(C=Cc1sc2ccccc2[n+]1CCCS(=O)(=O)O)=CCC1Sc2ccccc2N1CCCS(=O)(=O)O. The molecule has 204 valence electrons. The Labute approximate surface area is 232 Å². The van der Waals surface area contributed by atoms with E-state index in [4.69, 9.17) is 9.11 Å². The number of aromatic nitrogens is 1. The van der Waals surface area contributed by atoms with Crippen LogP contribution in [0.25, 0.3) is 16.3 Å². The molecule has 0 radical (unpaired) electrons. The monoisotopic (exact) mass is 595 g/mol. The molecule has 1 aliphatic rings. The number of nitrogens with zero attached hydrogens (tertiary/aromatic N) is 2. The lowest BCUT2D eigenvalue weighted by Gasteiger charge is -2.25. The maximum Gasteiger partial charge on any atom is 0.265 e. The van der Waals surface area contributed by atoms with Gasteiger partial charge in [-0.25, -0.2) is 0 Å². The smallest absolute Gasteiger partial charge is 0.265 e. The minimum Gasteiger partial charge on any atom is -0.358 e. The molecule has 0 aliphatic carbocycles. The van der Waals surface area contributed by atoms with Gasteiger partial charge in [0.2, 0.25) is 5.52 Å². The van der Waals surface area contributed by atoms with E-state index >= 15 is 0 Å². The molecule has 0 fully saturated rings. The Morgan fingerprint density at radius 2 is 1.68 bits per heavy atom. The number of thiazole rings is 1. The number of para-hydroxylation sites is 2. The van der Waals surface area contributed by atoms with Crippen LogP contribution in [0.4, 0.5) is 5.69 Å². The molecule has 3 aromatic rings. The third kappa shape index (κ3) is 7.90. The van der Waals surface area contributed by atoms with E-state index in [1.54, 1.807) is 23.1 Å². The van der Waals surface area contributed by atoms with Gasteiger partial charge in [-0.2, -0.15) is 21.4 Å². The van der Waals surface area contributed by atoms with Crippen molar-refractivity contribution in [2.75, 3.05) is 23.0 Å². The van der Waals surface area contributed by atoms with Gasteiger partial charge in [-0.1, -0.05) is 65.1 Å². The molecule has 1 atom stereocenters. The molecule has 1 unspecified atom stereocenters. The van der Waals surface area contributed by atoms with E-state index in [1.165, 1.54) is 0 Å². The van der Waals surface area contributed by atoms with E-state index in [9.17, 15) is 16.8 Å². The number of anilines is 1. The van der Waals surface area contributed by atoms with Crippen LogP contribution in [-0.2, 0) is 26.8 Å². The maximum atomic E-state index is 11.2. The first-order valence-corrected chi connectivity index (χ1v) is 17.1. The molecule has 1 aliphatic heterocycles. The summed E-state index contributed by atoms with van der Waals surface area (Å²) in [5.41, 5.74) is 3.17. The minimum absolute atomic E-state index is 0.117. The molecule has 2 heterocycles. The van der Waals surface area contributed by atoms with Crippen LogP contribution in [0.15, 0.2) is 71.2 Å². The number of hydrogen-bond donors (Lipinski definition) is 2. The largest absolute Gasteiger partial charge is 0.358 e. The van der Waals surface area contributed by atoms with Crippen molar-refractivity contribution >= 4 is 65.3 Å². The fraction of sp³-hybridized carbons (Fsp3) is 0.346. The van der Waals surface area contributed by atoms with E-state index in [-0.39, 0.29) is 16.9 Å². The van der Waals surface area contributed by atoms with Crippen molar-refractivity contribution in [2.45, 2.75) is 43.0 Å². The highest BCUT2D eigenvalue weighted by Gasteiger charge is 2.29. The van der Waals surface area contributed by atoms with E-state index < -0.39 is 20.2 Å². The summed E-state index contributed by atoms with van der Waals surface area (Å²) in [6.45, 7) is 3.03. The lowest BCUT2D eigenvalue weighted by Crippen LogP contribution is -2.35. The molecule has 12 heteroatoms. The van der Waals surface area contributed by atoms with Crippen LogP contribution >= 0.6 is 23.1 Å². The lowest BCUT2D eigenvalue weighted by atomic mass is 10.2. The molecule has 2 N–H and O–H groups in total. The van der Waals surface area contributed by atoms with Crippen molar-refractivity contribution in [3.63, 3.8) is 0 Å². The normalized spacial score (nSPS) is 16.6. The molecule has 1 aromatic heterocycles. The Hall–Kier alpha value is -2.22. The molecular formula is C26H31N2O6S4+. The van der Waals surface area contributed by atoms with Gasteiger partial charge in [0, 0.05) is 30.0 Å². The van der Waals surface area contributed by atoms with Crippen LogP contribution in [0.5, 0.6) is 0 Å². The summed E-state index contributed by atoms with van der Waals surface area (Å²) >= 11 is 3.37. The first kappa shape index (κ1) is 28.8. The average molecular weight is 596 g/mol. The fourth-order valence-corrected chi connectivity index (χ4v) is 7.76. The van der Waals surface area contributed by atoms with Gasteiger partial charge in [-0.3, -0.25) is 9.11 Å². The molecule has 0 amide bonds. The van der Waals surface area contributed by atoms with Crippen LogP contribution in [0, 0.1) is 0 Å². The lowest BCUT2D eigenvalue weighted by molar-refractivity contribution is -0.668. The van der Waals surface area contributed by atoms with E-state index in [0.717, 1.165) is 37.8 Å². The molecule has 8 nitrogen and oxygen atoms in total.